The highest BCUT2D eigenvalue weighted by atomic mass is 35.5. The number of pyridine rings is 1. The molecule has 3 aromatic rings. The maximum Gasteiger partial charge on any atom is 0.316 e. The third-order valence-corrected chi connectivity index (χ3v) is 5.68. The zero-order valence-electron chi connectivity index (χ0n) is 16.6. The Morgan fingerprint density at radius 1 is 1.20 bits per heavy atom. The maximum absolute atomic E-state index is 11.8. The first kappa shape index (κ1) is 21.9. The highest BCUT2D eigenvalue weighted by molar-refractivity contribution is 8.00. The standard InChI is InChI=1S/C22H21ClN2O4S/c1-3-28-21(27)13-30-20-8-7-18(25-14(2)26)22(23)17(20)12-29-19-6-4-5-15-11-24-10-9-16(15)19/h4-11H,3,12-13H2,1-2H3,(H,25,26). The Morgan fingerprint density at radius 3 is 2.80 bits per heavy atom. The molecule has 0 radical (unpaired) electrons. The Kier molecular flexibility index (Phi) is 7.54. The van der Waals surface area contributed by atoms with Gasteiger partial charge in [0.2, 0.25) is 5.91 Å². The molecule has 3 rings (SSSR count). The van der Waals surface area contributed by atoms with Gasteiger partial charge in [-0.2, -0.15) is 0 Å². The van der Waals surface area contributed by atoms with Gasteiger partial charge < -0.3 is 14.8 Å². The number of rotatable bonds is 8. The largest absolute Gasteiger partial charge is 0.488 e. The fourth-order valence-corrected chi connectivity index (χ4v) is 4.05. The molecule has 1 amide bonds. The minimum atomic E-state index is -0.307. The van der Waals surface area contributed by atoms with Crippen LogP contribution in [0.3, 0.4) is 0 Å². The van der Waals surface area contributed by atoms with Crippen LogP contribution in [0.5, 0.6) is 5.75 Å². The molecule has 0 atom stereocenters. The summed E-state index contributed by atoms with van der Waals surface area (Å²) in [5.74, 6) is 0.309. The highest BCUT2D eigenvalue weighted by Gasteiger charge is 2.16. The van der Waals surface area contributed by atoms with Crippen molar-refractivity contribution in [1.29, 1.82) is 0 Å². The minimum Gasteiger partial charge on any atom is -0.488 e. The van der Waals surface area contributed by atoms with Crippen molar-refractivity contribution in [3.8, 4) is 5.75 Å². The molecule has 0 saturated carbocycles. The van der Waals surface area contributed by atoms with Crippen LogP contribution in [-0.2, 0) is 20.9 Å². The first-order valence-corrected chi connectivity index (χ1v) is 10.7. The molecule has 1 N–H and O–H groups in total. The molecule has 0 unspecified atom stereocenters. The lowest BCUT2D eigenvalue weighted by molar-refractivity contribution is -0.139. The van der Waals surface area contributed by atoms with E-state index in [1.54, 1.807) is 25.4 Å². The number of carbonyl (C=O) groups excluding carboxylic acids is 2. The van der Waals surface area contributed by atoms with Crippen LogP contribution < -0.4 is 10.1 Å². The Bertz CT molecular complexity index is 1070. The summed E-state index contributed by atoms with van der Waals surface area (Å²) in [5.41, 5.74) is 1.17. The van der Waals surface area contributed by atoms with E-state index in [2.05, 4.69) is 10.3 Å². The van der Waals surface area contributed by atoms with E-state index in [9.17, 15) is 9.59 Å². The second kappa shape index (κ2) is 10.3. The number of ether oxygens (including phenoxy) is 2. The number of thioether (sulfide) groups is 1. The van der Waals surface area contributed by atoms with E-state index in [-0.39, 0.29) is 24.2 Å². The van der Waals surface area contributed by atoms with E-state index in [1.807, 2.05) is 30.3 Å². The minimum absolute atomic E-state index is 0.149. The zero-order valence-corrected chi connectivity index (χ0v) is 18.2. The third-order valence-electron chi connectivity index (χ3n) is 4.17. The number of amides is 1. The fraction of sp³-hybridized carbons (Fsp3) is 0.227. The van der Waals surface area contributed by atoms with Crippen molar-refractivity contribution < 1.29 is 19.1 Å². The van der Waals surface area contributed by atoms with Crippen molar-refractivity contribution in [1.82, 2.24) is 4.98 Å². The number of carbonyl (C=O) groups is 2. The molecular weight excluding hydrogens is 424 g/mol. The topological polar surface area (TPSA) is 77.5 Å². The van der Waals surface area contributed by atoms with Crippen LogP contribution in [0.2, 0.25) is 5.02 Å². The van der Waals surface area contributed by atoms with Gasteiger partial charge in [0, 0.05) is 40.5 Å². The van der Waals surface area contributed by atoms with Gasteiger partial charge in [0.1, 0.15) is 12.4 Å². The van der Waals surface area contributed by atoms with Crippen LogP contribution in [0.15, 0.2) is 53.7 Å². The second-order valence-electron chi connectivity index (χ2n) is 6.32. The molecule has 1 aromatic heterocycles. The number of anilines is 1. The van der Waals surface area contributed by atoms with E-state index >= 15 is 0 Å². The first-order chi connectivity index (χ1) is 14.5. The molecule has 0 bridgehead atoms. The zero-order chi connectivity index (χ0) is 21.5. The molecule has 0 aliphatic heterocycles. The number of hydrogen-bond acceptors (Lipinski definition) is 6. The van der Waals surface area contributed by atoms with Crippen LogP contribution >= 0.6 is 23.4 Å². The van der Waals surface area contributed by atoms with Crippen molar-refractivity contribution in [2.24, 2.45) is 0 Å². The van der Waals surface area contributed by atoms with Gasteiger partial charge in [0.05, 0.1) is 23.1 Å². The lowest BCUT2D eigenvalue weighted by atomic mass is 10.1. The van der Waals surface area contributed by atoms with Crippen LogP contribution in [0.4, 0.5) is 5.69 Å². The lowest BCUT2D eigenvalue weighted by Gasteiger charge is -2.16. The van der Waals surface area contributed by atoms with E-state index in [0.717, 1.165) is 15.7 Å². The SMILES string of the molecule is CCOC(=O)CSc1ccc(NC(C)=O)c(Cl)c1COc1cccc2cnccc12. The fourth-order valence-electron chi connectivity index (χ4n) is 2.87. The van der Waals surface area contributed by atoms with Crippen molar-refractivity contribution in [2.45, 2.75) is 25.3 Å². The van der Waals surface area contributed by atoms with Crippen molar-refractivity contribution in [3.63, 3.8) is 0 Å². The van der Waals surface area contributed by atoms with Crippen molar-refractivity contribution >= 4 is 51.7 Å². The Balaban J connectivity index is 1.89. The van der Waals surface area contributed by atoms with Crippen LogP contribution in [0.25, 0.3) is 10.8 Å². The molecule has 8 heteroatoms. The molecule has 1 heterocycles. The van der Waals surface area contributed by atoms with E-state index in [0.29, 0.717) is 28.6 Å². The maximum atomic E-state index is 11.8. The summed E-state index contributed by atoms with van der Waals surface area (Å²) in [6.07, 6.45) is 3.48. The van der Waals surface area contributed by atoms with E-state index in [4.69, 9.17) is 21.1 Å². The normalized spacial score (nSPS) is 10.6. The summed E-state index contributed by atoms with van der Waals surface area (Å²) in [6.45, 7) is 3.67. The van der Waals surface area contributed by atoms with Gasteiger partial charge in [-0.05, 0) is 31.2 Å². The smallest absolute Gasteiger partial charge is 0.316 e. The van der Waals surface area contributed by atoms with Gasteiger partial charge in [-0.1, -0.05) is 23.7 Å². The molecule has 156 valence electrons. The van der Waals surface area contributed by atoms with E-state index < -0.39 is 0 Å². The summed E-state index contributed by atoms with van der Waals surface area (Å²) in [6, 6.07) is 11.1. The summed E-state index contributed by atoms with van der Waals surface area (Å²) in [4.78, 5) is 28.2. The first-order valence-electron chi connectivity index (χ1n) is 9.32. The number of esters is 1. The number of nitrogens with zero attached hydrogens (tertiary/aromatic N) is 1. The molecule has 30 heavy (non-hydrogen) atoms. The molecule has 0 fully saturated rings. The number of halogens is 1. The van der Waals surface area contributed by atoms with Crippen molar-refractivity contribution in [2.75, 3.05) is 17.7 Å². The average Bonchev–Trinajstić information content (AvgIpc) is 2.73. The van der Waals surface area contributed by atoms with Gasteiger partial charge in [0.25, 0.3) is 0 Å². The van der Waals surface area contributed by atoms with Crippen LogP contribution in [0.1, 0.15) is 19.4 Å². The van der Waals surface area contributed by atoms with Gasteiger partial charge in [-0.25, -0.2) is 0 Å². The number of benzene rings is 2. The molecule has 0 aliphatic rings. The van der Waals surface area contributed by atoms with Gasteiger partial charge in [0.15, 0.2) is 0 Å². The third kappa shape index (κ3) is 5.43. The van der Waals surface area contributed by atoms with Gasteiger partial charge in [-0.3, -0.25) is 14.6 Å². The predicted octanol–water partition coefficient (Wildman–Crippen LogP) is 5.08. The average molecular weight is 445 g/mol. The lowest BCUT2D eigenvalue weighted by Crippen LogP contribution is -2.10. The Labute approximate surface area is 183 Å². The predicted molar refractivity (Wildman–Crippen MR) is 119 cm³/mol. The number of hydrogen-bond donors (Lipinski definition) is 1. The summed E-state index contributed by atoms with van der Waals surface area (Å²) in [7, 11) is 0. The molecular formula is C22H21ClN2O4S. The number of fused-ring (bicyclic) bond motifs is 1. The van der Waals surface area contributed by atoms with E-state index in [1.165, 1.54) is 18.7 Å². The second-order valence-corrected chi connectivity index (χ2v) is 7.72. The summed E-state index contributed by atoms with van der Waals surface area (Å²) in [5, 5.41) is 4.99. The Hall–Kier alpha value is -2.77. The van der Waals surface area contributed by atoms with Gasteiger partial charge in [-0.15, -0.1) is 11.8 Å². The highest BCUT2D eigenvalue weighted by Crippen LogP contribution is 2.36. The molecule has 6 nitrogen and oxygen atoms in total. The van der Waals surface area contributed by atoms with Crippen LogP contribution in [-0.4, -0.2) is 29.2 Å². The van der Waals surface area contributed by atoms with Crippen molar-refractivity contribution in [3.05, 3.63) is 59.4 Å². The number of aromatic nitrogens is 1. The van der Waals surface area contributed by atoms with Crippen LogP contribution in [0, 0.1) is 0 Å². The molecule has 0 saturated heterocycles. The summed E-state index contributed by atoms with van der Waals surface area (Å²) < 4.78 is 11.1. The molecule has 0 aliphatic carbocycles. The monoisotopic (exact) mass is 444 g/mol. The Morgan fingerprint density at radius 2 is 2.03 bits per heavy atom. The molecule has 0 spiro atoms. The quantitative estimate of drug-likeness (QED) is 0.385. The van der Waals surface area contributed by atoms with Gasteiger partial charge >= 0.3 is 5.97 Å². The summed E-state index contributed by atoms with van der Waals surface area (Å²) >= 11 is 7.90. The molecule has 2 aromatic carbocycles. The number of nitrogens with one attached hydrogen (secondary N) is 1.